The number of alkyl halides is 3. The Morgan fingerprint density at radius 1 is 1.00 bits per heavy atom. The van der Waals surface area contributed by atoms with Crippen LogP contribution in [0.15, 0.2) is 79.1 Å². The van der Waals surface area contributed by atoms with Gasteiger partial charge in [-0.2, -0.15) is 13.2 Å². The van der Waals surface area contributed by atoms with Crippen LogP contribution in [-0.4, -0.2) is 34.0 Å². The van der Waals surface area contributed by atoms with Crippen LogP contribution in [0, 0.1) is 6.92 Å². The van der Waals surface area contributed by atoms with Gasteiger partial charge in [0.2, 0.25) is 11.8 Å². The third-order valence-corrected chi connectivity index (χ3v) is 5.62. The van der Waals surface area contributed by atoms with Gasteiger partial charge in [0.15, 0.2) is 0 Å². The van der Waals surface area contributed by atoms with E-state index in [0.29, 0.717) is 5.56 Å². The number of rotatable bonds is 8. The molecule has 0 aliphatic heterocycles. The third-order valence-electron chi connectivity index (χ3n) is 5.62. The zero-order chi connectivity index (χ0) is 28.2. The number of aromatic nitrogens is 2. The van der Waals surface area contributed by atoms with Gasteiger partial charge in [0.1, 0.15) is 17.9 Å². The molecule has 2 heterocycles. The smallest absolute Gasteiger partial charge is 0.421 e. The van der Waals surface area contributed by atoms with Crippen LogP contribution in [0.4, 0.5) is 18.9 Å². The minimum atomic E-state index is -4.82. The molecule has 200 valence electrons. The topological polar surface area (TPSA) is 102 Å². The number of carboxylic acids is 1. The Bertz CT molecular complexity index is 1490. The van der Waals surface area contributed by atoms with Crippen molar-refractivity contribution in [3.8, 4) is 17.5 Å². The fraction of sp³-hybridized carbons (Fsp3) is 0.143. The van der Waals surface area contributed by atoms with Crippen molar-refractivity contribution in [2.45, 2.75) is 19.7 Å². The summed E-state index contributed by atoms with van der Waals surface area (Å²) >= 11 is 0. The Balaban J connectivity index is 1.60. The lowest BCUT2D eigenvalue weighted by molar-refractivity contribution is -0.139. The molecule has 0 unspecified atom stereocenters. The first kappa shape index (κ1) is 27.1. The molecular formula is C28H22F3N3O5. The molecule has 2 aromatic heterocycles. The molecule has 8 nitrogen and oxygen atoms in total. The van der Waals surface area contributed by atoms with Gasteiger partial charge in [0, 0.05) is 36.6 Å². The number of aromatic carboxylic acids is 1. The van der Waals surface area contributed by atoms with Gasteiger partial charge in [-0.3, -0.25) is 4.79 Å². The number of hydrogen-bond acceptors (Lipinski definition) is 6. The summed E-state index contributed by atoms with van der Waals surface area (Å²) in [4.78, 5) is 33.8. The van der Waals surface area contributed by atoms with Crippen molar-refractivity contribution < 1.29 is 37.3 Å². The Labute approximate surface area is 221 Å². The summed E-state index contributed by atoms with van der Waals surface area (Å²) in [6.07, 6.45) is -2.17. The SMILES string of the molecule is Cc1ccc(C(=O)N(C)c2ccc(Oc3ncc(COc4ccccn4)cc3C(F)(F)F)cc2C(=O)O)cc1. The van der Waals surface area contributed by atoms with Crippen LogP contribution in [0.5, 0.6) is 17.5 Å². The highest BCUT2D eigenvalue weighted by atomic mass is 19.4. The highest BCUT2D eigenvalue weighted by molar-refractivity contribution is 6.09. The molecule has 0 saturated carbocycles. The van der Waals surface area contributed by atoms with Gasteiger partial charge < -0.3 is 19.5 Å². The number of carbonyl (C=O) groups excluding carboxylic acids is 1. The zero-order valence-electron chi connectivity index (χ0n) is 20.8. The second-order valence-electron chi connectivity index (χ2n) is 8.47. The number of aryl methyl sites for hydroxylation is 1. The fourth-order valence-electron chi connectivity index (χ4n) is 3.60. The number of amides is 1. The van der Waals surface area contributed by atoms with Crippen molar-refractivity contribution in [2.75, 3.05) is 11.9 Å². The van der Waals surface area contributed by atoms with Crippen molar-refractivity contribution in [3.63, 3.8) is 0 Å². The highest BCUT2D eigenvalue weighted by Gasteiger charge is 2.36. The summed E-state index contributed by atoms with van der Waals surface area (Å²) in [5, 5.41) is 9.76. The van der Waals surface area contributed by atoms with E-state index in [0.717, 1.165) is 28.8 Å². The number of hydrogen-bond donors (Lipinski definition) is 1. The van der Waals surface area contributed by atoms with Gasteiger partial charge in [-0.25, -0.2) is 14.8 Å². The average Bonchev–Trinajstić information content (AvgIpc) is 2.92. The van der Waals surface area contributed by atoms with Gasteiger partial charge in [0.05, 0.1) is 11.3 Å². The number of carboxylic acid groups (broad SMARTS) is 1. The van der Waals surface area contributed by atoms with Crippen molar-refractivity contribution in [1.29, 1.82) is 0 Å². The van der Waals surface area contributed by atoms with Gasteiger partial charge in [-0.15, -0.1) is 0 Å². The largest absolute Gasteiger partial charge is 0.478 e. The van der Waals surface area contributed by atoms with Crippen LogP contribution in [0.1, 0.15) is 37.4 Å². The average molecular weight is 537 g/mol. The molecule has 39 heavy (non-hydrogen) atoms. The van der Waals surface area contributed by atoms with Crippen LogP contribution >= 0.6 is 0 Å². The number of nitrogens with zero attached hydrogens (tertiary/aromatic N) is 3. The summed E-state index contributed by atoms with van der Waals surface area (Å²) in [6.45, 7) is 1.65. The monoisotopic (exact) mass is 537 g/mol. The maximum Gasteiger partial charge on any atom is 0.421 e. The molecule has 0 spiro atoms. The first-order valence-corrected chi connectivity index (χ1v) is 11.5. The summed E-state index contributed by atoms with van der Waals surface area (Å²) in [7, 11) is 1.40. The highest BCUT2D eigenvalue weighted by Crippen LogP contribution is 2.38. The lowest BCUT2D eigenvalue weighted by Crippen LogP contribution is -2.28. The summed E-state index contributed by atoms with van der Waals surface area (Å²) in [5.41, 5.74) is -0.0698. The fourth-order valence-corrected chi connectivity index (χ4v) is 3.60. The van der Waals surface area contributed by atoms with Crippen LogP contribution in [0.2, 0.25) is 0 Å². The molecule has 0 radical (unpaired) electrons. The molecular weight excluding hydrogens is 515 g/mol. The molecule has 11 heteroatoms. The molecule has 0 aliphatic carbocycles. The lowest BCUT2D eigenvalue weighted by Gasteiger charge is -2.20. The molecule has 1 N–H and O–H groups in total. The molecule has 0 saturated heterocycles. The Morgan fingerprint density at radius 2 is 1.74 bits per heavy atom. The second kappa shape index (κ2) is 11.2. The van der Waals surface area contributed by atoms with E-state index >= 15 is 0 Å². The van der Waals surface area contributed by atoms with Crippen molar-refractivity contribution in [1.82, 2.24) is 9.97 Å². The molecule has 0 atom stereocenters. The number of benzene rings is 2. The van der Waals surface area contributed by atoms with E-state index in [-0.39, 0.29) is 35.1 Å². The quantitative estimate of drug-likeness (QED) is 0.288. The molecule has 1 amide bonds. The molecule has 0 bridgehead atoms. The summed E-state index contributed by atoms with van der Waals surface area (Å²) in [5.74, 6) is -2.60. The Morgan fingerprint density at radius 3 is 2.38 bits per heavy atom. The number of anilines is 1. The van der Waals surface area contributed by atoms with Crippen LogP contribution in [-0.2, 0) is 12.8 Å². The molecule has 4 rings (SSSR count). The number of ether oxygens (including phenoxy) is 2. The van der Waals surface area contributed by atoms with Crippen LogP contribution < -0.4 is 14.4 Å². The lowest BCUT2D eigenvalue weighted by atomic mass is 10.1. The van der Waals surface area contributed by atoms with E-state index in [9.17, 15) is 27.9 Å². The number of carbonyl (C=O) groups is 2. The molecule has 0 fully saturated rings. The summed E-state index contributed by atoms with van der Waals surface area (Å²) in [6, 6.07) is 16.1. The third kappa shape index (κ3) is 6.50. The van der Waals surface area contributed by atoms with E-state index in [1.165, 1.54) is 25.4 Å². The molecule has 4 aromatic rings. The normalized spacial score (nSPS) is 11.1. The van der Waals surface area contributed by atoms with Gasteiger partial charge in [-0.05, 0) is 49.4 Å². The minimum Gasteiger partial charge on any atom is -0.478 e. The minimum absolute atomic E-state index is 0.0337. The van der Waals surface area contributed by atoms with E-state index in [1.807, 2.05) is 6.92 Å². The standard InChI is InChI=1S/C28H22F3N3O5/c1-17-6-8-19(9-7-17)26(35)34(2)23-11-10-20(14-21(23)27(36)37)39-25-22(28(29,30)31)13-18(15-33-25)16-38-24-5-3-4-12-32-24/h3-15H,16H2,1-2H3,(H,36,37). The Hall–Kier alpha value is -4.93. The van der Waals surface area contributed by atoms with E-state index in [2.05, 4.69) is 9.97 Å². The van der Waals surface area contributed by atoms with Crippen LogP contribution in [0.25, 0.3) is 0 Å². The predicted molar refractivity (Wildman–Crippen MR) is 135 cm³/mol. The second-order valence-corrected chi connectivity index (χ2v) is 8.47. The first-order chi connectivity index (χ1) is 18.5. The number of pyridine rings is 2. The maximum atomic E-state index is 13.8. The van der Waals surface area contributed by atoms with Gasteiger partial charge in [-0.1, -0.05) is 23.8 Å². The summed E-state index contributed by atoms with van der Waals surface area (Å²) < 4.78 is 52.3. The van der Waals surface area contributed by atoms with Gasteiger partial charge >= 0.3 is 12.1 Å². The maximum absolute atomic E-state index is 13.8. The zero-order valence-corrected chi connectivity index (χ0v) is 20.8. The number of halogens is 3. The van der Waals surface area contributed by atoms with Crippen molar-refractivity contribution in [3.05, 3.63) is 107 Å². The molecule has 0 aliphatic rings. The predicted octanol–water partition coefficient (Wildman–Crippen LogP) is 6.15. The molecule has 2 aromatic carbocycles. The van der Waals surface area contributed by atoms with Crippen LogP contribution in [0.3, 0.4) is 0 Å². The van der Waals surface area contributed by atoms with E-state index < -0.39 is 29.5 Å². The van der Waals surface area contributed by atoms with Crippen molar-refractivity contribution >= 4 is 17.6 Å². The van der Waals surface area contributed by atoms with Crippen molar-refractivity contribution in [2.24, 2.45) is 0 Å². The van der Waals surface area contributed by atoms with E-state index in [4.69, 9.17) is 9.47 Å². The first-order valence-electron chi connectivity index (χ1n) is 11.5. The van der Waals surface area contributed by atoms with Gasteiger partial charge in [0.25, 0.3) is 5.91 Å². The Kier molecular flexibility index (Phi) is 7.80. The van der Waals surface area contributed by atoms with E-state index in [1.54, 1.807) is 42.5 Å².